The third-order valence-corrected chi connectivity index (χ3v) is 5.07. The Kier molecular flexibility index (Phi) is 4.10. The van der Waals surface area contributed by atoms with Crippen LogP contribution in [0.5, 0.6) is 0 Å². The van der Waals surface area contributed by atoms with Gasteiger partial charge in [-0.2, -0.15) is 0 Å². The third-order valence-electron chi connectivity index (χ3n) is 3.14. The van der Waals surface area contributed by atoms with E-state index < -0.39 is 0 Å². The fraction of sp³-hybridized carbons (Fsp3) is 0.636. The van der Waals surface area contributed by atoms with E-state index in [1.807, 2.05) is 11.3 Å². The van der Waals surface area contributed by atoms with Gasteiger partial charge in [-0.25, -0.2) is 0 Å². The van der Waals surface area contributed by atoms with Crippen LogP contribution in [0, 0.1) is 5.92 Å². The molecule has 0 aliphatic carbocycles. The highest BCUT2D eigenvalue weighted by molar-refractivity contribution is 9.11. The molecule has 0 saturated carbocycles. The highest BCUT2D eigenvalue weighted by atomic mass is 79.9. The highest BCUT2D eigenvalue weighted by Crippen LogP contribution is 2.29. The molecule has 0 spiro atoms. The lowest BCUT2D eigenvalue weighted by atomic mass is 10.1. The summed E-state index contributed by atoms with van der Waals surface area (Å²) in [6, 6.07) is 4.88. The zero-order chi connectivity index (χ0) is 10.8. The Morgan fingerprint density at radius 1 is 1.60 bits per heavy atom. The summed E-state index contributed by atoms with van der Waals surface area (Å²) in [5.74, 6) is 1.50. The molecule has 1 aliphatic heterocycles. The smallest absolute Gasteiger partial charge is 0.0701 e. The molecule has 0 amide bonds. The Balaban J connectivity index is 2.00. The molecule has 2 atom stereocenters. The standard InChI is InChI=1S/C11H15BrClNS/c1-8-4-5-14(10(8)6-13)7-9-2-3-11(12)15-9/h2-3,8,10H,4-7H2,1H3. The minimum absolute atomic E-state index is 0.563. The van der Waals surface area contributed by atoms with Gasteiger partial charge in [0.25, 0.3) is 0 Å². The van der Waals surface area contributed by atoms with Crippen LogP contribution in [-0.2, 0) is 6.54 Å². The maximum absolute atomic E-state index is 6.02. The Labute approximate surface area is 109 Å². The molecule has 84 valence electrons. The van der Waals surface area contributed by atoms with Gasteiger partial charge in [-0.3, -0.25) is 4.90 Å². The van der Waals surface area contributed by atoms with Gasteiger partial charge in [0.05, 0.1) is 3.79 Å². The molecule has 0 N–H and O–H groups in total. The minimum Gasteiger partial charge on any atom is -0.294 e. The Morgan fingerprint density at radius 2 is 2.40 bits per heavy atom. The average Bonchev–Trinajstić information content (AvgIpc) is 2.75. The fourth-order valence-electron chi connectivity index (χ4n) is 2.17. The topological polar surface area (TPSA) is 3.24 Å². The third kappa shape index (κ3) is 2.76. The summed E-state index contributed by atoms with van der Waals surface area (Å²) >= 11 is 11.3. The molecule has 1 aliphatic rings. The van der Waals surface area contributed by atoms with Crippen LogP contribution in [-0.4, -0.2) is 23.4 Å². The first kappa shape index (κ1) is 11.9. The number of hydrogen-bond acceptors (Lipinski definition) is 2. The molecule has 15 heavy (non-hydrogen) atoms. The van der Waals surface area contributed by atoms with Crippen molar-refractivity contribution in [3.8, 4) is 0 Å². The van der Waals surface area contributed by atoms with E-state index >= 15 is 0 Å². The molecule has 2 rings (SSSR count). The van der Waals surface area contributed by atoms with E-state index in [0.717, 1.165) is 18.3 Å². The maximum atomic E-state index is 6.02. The summed E-state index contributed by atoms with van der Waals surface area (Å²) < 4.78 is 1.21. The van der Waals surface area contributed by atoms with Gasteiger partial charge in [0.2, 0.25) is 0 Å². The van der Waals surface area contributed by atoms with Gasteiger partial charge in [0.1, 0.15) is 0 Å². The number of nitrogens with zero attached hydrogens (tertiary/aromatic N) is 1. The van der Waals surface area contributed by atoms with Crippen molar-refractivity contribution < 1.29 is 0 Å². The minimum atomic E-state index is 0.563. The van der Waals surface area contributed by atoms with Crippen molar-refractivity contribution >= 4 is 38.9 Å². The van der Waals surface area contributed by atoms with E-state index in [1.165, 1.54) is 21.6 Å². The quantitative estimate of drug-likeness (QED) is 0.764. The van der Waals surface area contributed by atoms with Crippen molar-refractivity contribution in [2.75, 3.05) is 12.4 Å². The zero-order valence-corrected chi connectivity index (χ0v) is 11.9. The molecule has 0 bridgehead atoms. The Morgan fingerprint density at radius 3 is 3.00 bits per heavy atom. The number of rotatable bonds is 3. The molecule has 1 aromatic heterocycles. The first-order valence-corrected chi connectivity index (χ1v) is 7.39. The SMILES string of the molecule is CC1CCN(Cc2ccc(Br)s2)C1CCl. The van der Waals surface area contributed by atoms with E-state index in [0.29, 0.717) is 6.04 Å². The molecule has 2 unspecified atom stereocenters. The second-order valence-electron chi connectivity index (χ2n) is 4.16. The van der Waals surface area contributed by atoms with Crippen LogP contribution >= 0.6 is 38.9 Å². The van der Waals surface area contributed by atoms with Crippen LogP contribution in [0.3, 0.4) is 0 Å². The highest BCUT2D eigenvalue weighted by Gasteiger charge is 2.30. The van der Waals surface area contributed by atoms with Crippen LogP contribution in [0.2, 0.25) is 0 Å². The average molecular weight is 309 g/mol. The summed E-state index contributed by atoms with van der Waals surface area (Å²) in [5, 5.41) is 0. The molecule has 0 radical (unpaired) electrons. The van der Waals surface area contributed by atoms with Gasteiger partial charge >= 0.3 is 0 Å². The Hall–Kier alpha value is 0.430. The molecule has 0 aromatic carbocycles. The van der Waals surface area contributed by atoms with Crippen LogP contribution in [0.1, 0.15) is 18.2 Å². The van der Waals surface area contributed by atoms with Gasteiger partial charge in [-0.15, -0.1) is 22.9 Å². The van der Waals surface area contributed by atoms with Crippen LogP contribution < -0.4 is 0 Å². The van der Waals surface area contributed by atoms with Gasteiger partial charge in [-0.1, -0.05) is 6.92 Å². The van der Waals surface area contributed by atoms with Crippen molar-refractivity contribution in [1.82, 2.24) is 4.90 Å². The summed E-state index contributed by atoms with van der Waals surface area (Å²) in [4.78, 5) is 3.93. The number of hydrogen-bond donors (Lipinski definition) is 0. The van der Waals surface area contributed by atoms with Crippen LogP contribution in [0.15, 0.2) is 15.9 Å². The first-order chi connectivity index (χ1) is 7.20. The molecule has 4 heteroatoms. The lowest BCUT2D eigenvalue weighted by molar-refractivity contribution is 0.244. The second-order valence-corrected chi connectivity index (χ2v) is 7.02. The maximum Gasteiger partial charge on any atom is 0.0701 e. The van der Waals surface area contributed by atoms with Crippen molar-refractivity contribution in [3.63, 3.8) is 0 Å². The molecule has 1 aromatic rings. The number of halogens is 2. The lowest BCUT2D eigenvalue weighted by Gasteiger charge is -2.24. The van der Waals surface area contributed by atoms with Crippen molar-refractivity contribution in [2.24, 2.45) is 5.92 Å². The predicted molar refractivity (Wildman–Crippen MR) is 70.7 cm³/mol. The molecule has 1 fully saturated rings. The van der Waals surface area contributed by atoms with E-state index in [9.17, 15) is 0 Å². The van der Waals surface area contributed by atoms with Gasteiger partial charge in [0, 0.05) is 23.3 Å². The van der Waals surface area contributed by atoms with Crippen LogP contribution in [0.4, 0.5) is 0 Å². The van der Waals surface area contributed by atoms with Crippen molar-refractivity contribution in [1.29, 1.82) is 0 Å². The number of likely N-dealkylation sites (tertiary alicyclic amines) is 1. The van der Waals surface area contributed by atoms with E-state index in [-0.39, 0.29) is 0 Å². The van der Waals surface area contributed by atoms with E-state index in [4.69, 9.17) is 11.6 Å². The predicted octanol–water partition coefficient (Wildman–Crippen LogP) is 3.96. The molecular formula is C11H15BrClNS. The number of alkyl halides is 1. The number of thiophene rings is 1. The summed E-state index contributed by atoms with van der Waals surface area (Å²) in [6.45, 7) is 4.55. The largest absolute Gasteiger partial charge is 0.294 e. The lowest BCUT2D eigenvalue weighted by Crippen LogP contribution is -2.32. The zero-order valence-electron chi connectivity index (χ0n) is 8.75. The second kappa shape index (κ2) is 5.17. The van der Waals surface area contributed by atoms with E-state index in [2.05, 4.69) is 39.9 Å². The molecule has 1 nitrogen and oxygen atoms in total. The molecular weight excluding hydrogens is 294 g/mol. The van der Waals surface area contributed by atoms with Gasteiger partial charge in [-0.05, 0) is 46.9 Å². The van der Waals surface area contributed by atoms with Gasteiger partial charge < -0.3 is 0 Å². The van der Waals surface area contributed by atoms with Crippen molar-refractivity contribution in [3.05, 3.63) is 20.8 Å². The normalized spacial score (nSPS) is 27.4. The molecule has 1 saturated heterocycles. The van der Waals surface area contributed by atoms with Crippen LogP contribution in [0.25, 0.3) is 0 Å². The first-order valence-electron chi connectivity index (χ1n) is 5.25. The summed E-state index contributed by atoms with van der Waals surface area (Å²) in [5.41, 5.74) is 0. The van der Waals surface area contributed by atoms with Crippen molar-refractivity contribution in [2.45, 2.75) is 25.9 Å². The fourth-order valence-corrected chi connectivity index (χ4v) is 4.18. The summed E-state index contributed by atoms with van der Waals surface area (Å²) in [7, 11) is 0. The van der Waals surface area contributed by atoms with E-state index in [1.54, 1.807) is 0 Å². The monoisotopic (exact) mass is 307 g/mol. The molecule has 2 heterocycles. The summed E-state index contributed by atoms with van der Waals surface area (Å²) in [6.07, 6.45) is 1.28. The Bertz CT molecular complexity index is 328. The van der Waals surface area contributed by atoms with Gasteiger partial charge in [0.15, 0.2) is 0 Å².